The van der Waals surface area contributed by atoms with Crippen LogP contribution in [0.3, 0.4) is 0 Å². The van der Waals surface area contributed by atoms with E-state index in [1.807, 2.05) is 24.3 Å². The lowest BCUT2D eigenvalue weighted by atomic mass is 10.0. The fourth-order valence-electron chi connectivity index (χ4n) is 1.50. The molecule has 0 N–H and O–H groups in total. The summed E-state index contributed by atoms with van der Waals surface area (Å²) in [5.41, 5.74) is 1.32. The second-order valence-corrected chi connectivity index (χ2v) is 4.09. The van der Waals surface area contributed by atoms with Gasteiger partial charge in [-0.25, -0.2) is 0 Å². The molecule has 1 aromatic heterocycles. The van der Waals surface area contributed by atoms with E-state index in [0.29, 0.717) is 12.5 Å². The Bertz CT molecular complexity index is 413. The normalized spacial score (nSPS) is 10.7. The molecule has 2 nitrogen and oxygen atoms in total. The largest absolute Gasteiger partial charge is 0.486 e. The topological polar surface area (TPSA) is 22.4 Å². The van der Waals surface area contributed by atoms with Gasteiger partial charge in [0.2, 0.25) is 0 Å². The maximum Gasteiger partial charge on any atom is 0.146 e. The van der Waals surface area contributed by atoms with E-state index in [9.17, 15) is 0 Å². The van der Waals surface area contributed by atoms with Crippen LogP contribution < -0.4 is 4.74 Å². The predicted molar refractivity (Wildman–Crippen MR) is 63.6 cm³/mol. The molecule has 0 aliphatic heterocycles. The molecule has 0 aliphatic rings. The Balaban J connectivity index is 1.95. The third-order valence-corrected chi connectivity index (χ3v) is 2.51. The van der Waals surface area contributed by atoms with Crippen molar-refractivity contribution in [1.29, 1.82) is 0 Å². The monoisotopic (exact) mass is 216 g/mol. The highest BCUT2D eigenvalue weighted by Gasteiger charge is 2.00. The lowest BCUT2D eigenvalue weighted by Crippen LogP contribution is -1.94. The number of hydrogen-bond acceptors (Lipinski definition) is 2. The second-order valence-electron chi connectivity index (χ2n) is 4.09. The van der Waals surface area contributed by atoms with Crippen LogP contribution in [0.25, 0.3) is 0 Å². The molecule has 0 atom stereocenters. The quantitative estimate of drug-likeness (QED) is 0.771. The van der Waals surface area contributed by atoms with E-state index in [4.69, 9.17) is 9.15 Å². The number of benzene rings is 1. The summed E-state index contributed by atoms with van der Waals surface area (Å²) in [4.78, 5) is 0. The average molecular weight is 216 g/mol. The summed E-state index contributed by atoms with van der Waals surface area (Å²) in [6, 6.07) is 12.0. The van der Waals surface area contributed by atoms with Crippen LogP contribution in [-0.4, -0.2) is 0 Å². The van der Waals surface area contributed by atoms with Gasteiger partial charge in [0.05, 0.1) is 6.26 Å². The molecular weight excluding hydrogens is 200 g/mol. The number of rotatable bonds is 4. The first kappa shape index (κ1) is 10.8. The van der Waals surface area contributed by atoms with E-state index in [1.54, 1.807) is 6.26 Å². The van der Waals surface area contributed by atoms with Crippen LogP contribution in [0.2, 0.25) is 0 Å². The van der Waals surface area contributed by atoms with Crippen molar-refractivity contribution in [3.63, 3.8) is 0 Å². The maximum atomic E-state index is 5.59. The molecule has 0 aliphatic carbocycles. The summed E-state index contributed by atoms with van der Waals surface area (Å²) in [6.45, 7) is 4.84. The molecule has 84 valence electrons. The average Bonchev–Trinajstić information content (AvgIpc) is 2.80. The fraction of sp³-hybridized carbons (Fsp3) is 0.286. The van der Waals surface area contributed by atoms with Crippen molar-refractivity contribution in [1.82, 2.24) is 0 Å². The van der Waals surface area contributed by atoms with Crippen molar-refractivity contribution in [3.05, 3.63) is 54.0 Å². The Hall–Kier alpha value is -1.70. The molecule has 2 heteroatoms. The van der Waals surface area contributed by atoms with Crippen LogP contribution in [0, 0.1) is 0 Å². The second kappa shape index (κ2) is 4.88. The van der Waals surface area contributed by atoms with Gasteiger partial charge in [0.25, 0.3) is 0 Å². The molecule has 2 aromatic rings. The number of hydrogen-bond donors (Lipinski definition) is 0. The van der Waals surface area contributed by atoms with Gasteiger partial charge >= 0.3 is 0 Å². The van der Waals surface area contributed by atoms with Gasteiger partial charge in [0.15, 0.2) is 0 Å². The molecule has 0 spiro atoms. The van der Waals surface area contributed by atoms with Gasteiger partial charge in [-0.1, -0.05) is 26.0 Å². The first-order valence-electron chi connectivity index (χ1n) is 5.51. The van der Waals surface area contributed by atoms with E-state index in [1.165, 1.54) is 5.56 Å². The van der Waals surface area contributed by atoms with Gasteiger partial charge in [-0.15, -0.1) is 0 Å². The Morgan fingerprint density at radius 3 is 2.44 bits per heavy atom. The predicted octanol–water partition coefficient (Wildman–Crippen LogP) is 3.98. The highest BCUT2D eigenvalue weighted by Crippen LogP contribution is 2.19. The zero-order valence-corrected chi connectivity index (χ0v) is 9.64. The zero-order chi connectivity index (χ0) is 11.4. The van der Waals surface area contributed by atoms with E-state index >= 15 is 0 Å². The standard InChI is InChI=1S/C14H16O2/c1-11(2)12-5-7-13(8-6-12)16-10-14-4-3-9-15-14/h3-9,11H,10H2,1-2H3. The molecule has 0 unspecified atom stereocenters. The van der Waals surface area contributed by atoms with Crippen LogP contribution >= 0.6 is 0 Å². The lowest BCUT2D eigenvalue weighted by Gasteiger charge is -2.07. The molecule has 0 amide bonds. The van der Waals surface area contributed by atoms with Gasteiger partial charge in [-0.3, -0.25) is 0 Å². The van der Waals surface area contributed by atoms with Crippen molar-refractivity contribution >= 4 is 0 Å². The van der Waals surface area contributed by atoms with Crippen molar-refractivity contribution in [2.75, 3.05) is 0 Å². The lowest BCUT2D eigenvalue weighted by molar-refractivity contribution is 0.270. The summed E-state index contributed by atoms with van der Waals surface area (Å²) in [6.07, 6.45) is 1.65. The minimum atomic E-state index is 0.480. The minimum absolute atomic E-state index is 0.480. The summed E-state index contributed by atoms with van der Waals surface area (Å²) < 4.78 is 10.8. The SMILES string of the molecule is CC(C)c1ccc(OCc2ccco2)cc1. The van der Waals surface area contributed by atoms with Gasteiger partial charge in [0, 0.05) is 0 Å². The Kier molecular flexibility index (Phi) is 3.30. The first-order valence-corrected chi connectivity index (χ1v) is 5.51. The van der Waals surface area contributed by atoms with E-state index in [2.05, 4.69) is 26.0 Å². The summed E-state index contributed by atoms with van der Waals surface area (Å²) in [5.74, 6) is 2.27. The van der Waals surface area contributed by atoms with Crippen LogP contribution in [0.5, 0.6) is 5.75 Å². The maximum absolute atomic E-state index is 5.59. The molecule has 16 heavy (non-hydrogen) atoms. The van der Waals surface area contributed by atoms with Crippen molar-refractivity contribution in [2.24, 2.45) is 0 Å². The number of furan rings is 1. The summed E-state index contributed by atoms with van der Waals surface area (Å²) in [5, 5.41) is 0. The molecule has 0 saturated heterocycles. The molecule has 0 fully saturated rings. The van der Waals surface area contributed by atoms with Gasteiger partial charge in [-0.05, 0) is 35.7 Å². The van der Waals surface area contributed by atoms with Crippen LogP contribution in [0.4, 0.5) is 0 Å². The van der Waals surface area contributed by atoms with Gasteiger partial charge in [0.1, 0.15) is 18.1 Å². The number of ether oxygens (including phenoxy) is 1. The smallest absolute Gasteiger partial charge is 0.146 e. The minimum Gasteiger partial charge on any atom is -0.486 e. The van der Waals surface area contributed by atoms with E-state index in [-0.39, 0.29) is 0 Å². The zero-order valence-electron chi connectivity index (χ0n) is 9.64. The third kappa shape index (κ3) is 2.66. The highest BCUT2D eigenvalue weighted by molar-refractivity contribution is 5.28. The molecule has 0 radical (unpaired) electrons. The highest BCUT2D eigenvalue weighted by atomic mass is 16.5. The molecule has 1 heterocycles. The molecule has 1 aromatic carbocycles. The van der Waals surface area contributed by atoms with Crippen LogP contribution in [0.15, 0.2) is 47.1 Å². The van der Waals surface area contributed by atoms with E-state index in [0.717, 1.165) is 11.5 Å². The van der Waals surface area contributed by atoms with E-state index < -0.39 is 0 Å². The van der Waals surface area contributed by atoms with Gasteiger partial charge in [-0.2, -0.15) is 0 Å². The first-order chi connectivity index (χ1) is 7.75. The van der Waals surface area contributed by atoms with Crippen molar-refractivity contribution in [2.45, 2.75) is 26.4 Å². The van der Waals surface area contributed by atoms with Crippen LogP contribution in [0.1, 0.15) is 31.1 Å². The van der Waals surface area contributed by atoms with Crippen LogP contribution in [-0.2, 0) is 6.61 Å². The Labute approximate surface area is 95.9 Å². The van der Waals surface area contributed by atoms with Crippen molar-refractivity contribution in [3.8, 4) is 5.75 Å². The molecular formula is C14H16O2. The summed E-state index contributed by atoms with van der Waals surface area (Å²) in [7, 11) is 0. The Morgan fingerprint density at radius 2 is 1.88 bits per heavy atom. The molecule has 2 rings (SSSR count). The van der Waals surface area contributed by atoms with Crippen molar-refractivity contribution < 1.29 is 9.15 Å². The van der Waals surface area contributed by atoms with Gasteiger partial charge < -0.3 is 9.15 Å². The molecule has 0 bridgehead atoms. The summed E-state index contributed by atoms with van der Waals surface area (Å²) >= 11 is 0. The third-order valence-electron chi connectivity index (χ3n) is 2.51. The Morgan fingerprint density at radius 1 is 1.12 bits per heavy atom. The molecule has 0 saturated carbocycles. The fourth-order valence-corrected chi connectivity index (χ4v) is 1.50.